The van der Waals surface area contributed by atoms with Crippen molar-refractivity contribution in [3.05, 3.63) is 0 Å². The molecule has 3 heteroatoms. The normalized spacial score (nSPS) is 13.2. The van der Waals surface area contributed by atoms with Crippen molar-refractivity contribution in [2.75, 3.05) is 6.61 Å². The molecule has 0 amide bonds. The second-order valence-electron chi connectivity index (χ2n) is 2.98. The molecule has 0 fully saturated rings. The Morgan fingerprint density at radius 3 is 2.33 bits per heavy atom. The molecule has 0 rings (SSSR count). The average Bonchev–Trinajstić information content (AvgIpc) is 2.03. The maximum atomic E-state index is 5.57. The highest BCUT2D eigenvalue weighted by Crippen LogP contribution is 2.05. The first-order valence-electron chi connectivity index (χ1n) is 4.96. The van der Waals surface area contributed by atoms with E-state index in [4.69, 9.17) is 4.74 Å². The van der Waals surface area contributed by atoms with Crippen molar-refractivity contribution in [1.82, 2.24) is 0 Å². The lowest BCUT2D eigenvalue weighted by Crippen LogP contribution is -2.13. The molecule has 0 heterocycles. The van der Waals surface area contributed by atoms with E-state index in [-0.39, 0.29) is 20.5 Å². The molecule has 1 nitrogen and oxygen atoms in total. The van der Waals surface area contributed by atoms with Gasteiger partial charge in [0.15, 0.2) is 0 Å². The average molecular weight is 206 g/mol. The van der Waals surface area contributed by atoms with Gasteiger partial charge in [0, 0.05) is 16.1 Å². The molecular weight excluding hydrogens is 180 g/mol. The monoisotopic (exact) mass is 206 g/mol. The van der Waals surface area contributed by atoms with Crippen LogP contribution >= 0.6 is 0 Å². The summed E-state index contributed by atoms with van der Waals surface area (Å²) in [5.74, 6) is 0. The first kappa shape index (κ1) is 14.9. The second-order valence-corrected chi connectivity index (χ2v) is 4.97. The Bertz CT molecular complexity index is 78.9. The molecular formula is C9H26OSi2. The Morgan fingerprint density at radius 2 is 1.92 bits per heavy atom. The Kier molecular flexibility index (Phi) is 14.1. The smallest absolute Gasteiger partial charge is 0.0543 e. The SMILES string of the molecule is CCC[SiH2]CC(CC)OCC.[SiH4]. The van der Waals surface area contributed by atoms with Crippen molar-refractivity contribution in [1.29, 1.82) is 0 Å². The molecule has 0 radical (unpaired) electrons. The fourth-order valence-electron chi connectivity index (χ4n) is 1.26. The van der Waals surface area contributed by atoms with Gasteiger partial charge in [-0.15, -0.1) is 0 Å². The Hall–Kier alpha value is 0.394. The van der Waals surface area contributed by atoms with E-state index >= 15 is 0 Å². The summed E-state index contributed by atoms with van der Waals surface area (Å²) in [7, 11) is 0.208. The number of hydrogen-bond acceptors (Lipinski definition) is 1. The van der Waals surface area contributed by atoms with Crippen LogP contribution in [-0.2, 0) is 4.74 Å². The molecule has 1 unspecified atom stereocenters. The molecule has 0 aromatic heterocycles. The van der Waals surface area contributed by atoms with E-state index in [0.717, 1.165) is 6.61 Å². The highest BCUT2D eigenvalue weighted by Gasteiger charge is 2.03. The second kappa shape index (κ2) is 11.4. The fraction of sp³-hybridized carbons (Fsp3) is 1.00. The van der Waals surface area contributed by atoms with Crippen LogP contribution < -0.4 is 0 Å². The third kappa shape index (κ3) is 8.49. The van der Waals surface area contributed by atoms with Gasteiger partial charge in [0.25, 0.3) is 0 Å². The van der Waals surface area contributed by atoms with E-state index in [0.29, 0.717) is 6.10 Å². The van der Waals surface area contributed by atoms with Crippen LogP contribution in [-0.4, -0.2) is 33.2 Å². The van der Waals surface area contributed by atoms with Gasteiger partial charge < -0.3 is 4.74 Å². The molecule has 0 aromatic carbocycles. The standard InChI is InChI=1S/C9H22OSi.H4Si/c1-4-7-11-8-9(5-2)10-6-3;/h9H,4-8,11H2,1-3H3;1H4. The maximum absolute atomic E-state index is 5.57. The molecule has 0 saturated heterocycles. The van der Waals surface area contributed by atoms with Crippen molar-refractivity contribution in [3.63, 3.8) is 0 Å². The van der Waals surface area contributed by atoms with Crippen molar-refractivity contribution < 1.29 is 4.74 Å². The quantitative estimate of drug-likeness (QED) is 0.442. The van der Waals surface area contributed by atoms with Crippen molar-refractivity contribution in [2.45, 2.75) is 51.8 Å². The zero-order valence-corrected chi connectivity index (χ0v) is 9.64. The number of hydrogen-bond donors (Lipinski definition) is 0. The summed E-state index contributed by atoms with van der Waals surface area (Å²) in [4.78, 5) is 0. The van der Waals surface area contributed by atoms with E-state index in [9.17, 15) is 0 Å². The topological polar surface area (TPSA) is 9.23 Å². The van der Waals surface area contributed by atoms with Crippen molar-refractivity contribution >= 4 is 20.5 Å². The van der Waals surface area contributed by atoms with Crippen LogP contribution in [0.15, 0.2) is 0 Å². The first-order valence-corrected chi connectivity index (χ1v) is 6.96. The molecule has 0 N–H and O–H groups in total. The predicted octanol–water partition coefficient (Wildman–Crippen LogP) is 0.765. The lowest BCUT2D eigenvalue weighted by atomic mass is 10.3. The lowest BCUT2D eigenvalue weighted by molar-refractivity contribution is 0.0738. The molecule has 12 heavy (non-hydrogen) atoms. The summed E-state index contributed by atoms with van der Waals surface area (Å²) in [6, 6.07) is 2.88. The molecule has 0 saturated carbocycles. The summed E-state index contributed by atoms with van der Waals surface area (Å²) in [6.07, 6.45) is 3.15. The molecule has 0 aromatic rings. The van der Waals surface area contributed by atoms with Crippen LogP contribution in [0.25, 0.3) is 0 Å². The van der Waals surface area contributed by atoms with Gasteiger partial charge in [-0.2, -0.15) is 0 Å². The van der Waals surface area contributed by atoms with Crippen LogP contribution in [0.4, 0.5) is 0 Å². The van der Waals surface area contributed by atoms with Gasteiger partial charge >= 0.3 is 0 Å². The minimum Gasteiger partial charge on any atom is -0.379 e. The molecule has 76 valence electrons. The summed E-state index contributed by atoms with van der Waals surface area (Å²) in [5, 5.41) is 0. The van der Waals surface area contributed by atoms with Gasteiger partial charge in [-0.1, -0.05) is 26.3 Å². The largest absolute Gasteiger partial charge is 0.379 e. The predicted molar refractivity (Wildman–Crippen MR) is 65.5 cm³/mol. The summed E-state index contributed by atoms with van der Waals surface area (Å²) >= 11 is 0. The van der Waals surface area contributed by atoms with Gasteiger partial charge in [-0.3, -0.25) is 0 Å². The molecule has 0 aliphatic heterocycles. The Labute approximate surface area is 84.1 Å². The fourth-order valence-corrected chi connectivity index (χ4v) is 3.08. The van der Waals surface area contributed by atoms with E-state index in [1.807, 2.05) is 0 Å². The van der Waals surface area contributed by atoms with Crippen LogP contribution in [0.1, 0.15) is 33.6 Å². The van der Waals surface area contributed by atoms with Gasteiger partial charge in [0.05, 0.1) is 6.10 Å². The maximum Gasteiger partial charge on any atom is 0.0543 e. The van der Waals surface area contributed by atoms with Crippen LogP contribution in [0.3, 0.4) is 0 Å². The molecule has 0 spiro atoms. The highest BCUT2D eigenvalue weighted by atomic mass is 28.2. The zero-order chi connectivity index (χ0) is 8.53. The van der Waals surface area contributed by atoms with E-state index in [1.165, 1.54) is 24.9 Å². The van der Waals surface area contributed by atoms with Crippen LogP contribution in [0.5, 0.6) is 0 Å². The van der Waals surface area contributed by atoms with Gasteiger partial charge in [0.1, 0.15) is 0 Å². The van der Waals surface area contributed by atoms with E-state index < -0.39 is 0 Å². The Morgan fingerprint density at radius 1 is 1.25 bits per heavy atom. The highest BCUT2D eigenvalue weighted by molar-refractivity contribution is 6.35. The van der Waals surface area contributed by atoms with Crippen molar-refractivity contribution in [2.24, 2.45) is 0 Å². The first-order chi connectivity index (χ1) is 5.35. The van der Waals surface area contributed by atoms with Gasteiger partial charge in [-0.05, 0) is 30.4 Å². The number of rotatable bonds is 7. The van der Waals surface area contributed by atoms with Crippen LogP contribution in [0.2, 0.25) is 12.1 Å². The zero-order valence-electron chi connectivity index (χ0n) is 8.23. The molecule has 0 aliphatic carbocycles. The summed E-state index contributed by atoms with van der Waals surface area (Å²) < 4.78 is 5.57. The summed E-state index contributed by atoms with van der Waals surface area (Å²) in [5.41, 5.74) is 0. The third-order valence-electron chi connectivity index (χ3n) is 1.99. The molecule has 0 aliphatic rings. The minimum absolute atomic E-state index is 0. The summed E-state index contributed by atoms with van der Waals surface area (Å²) in [6.45, 7) is 7.47. The van der Waals surface area contributed by atoms with E-state index in [2.05, 4.69) is 20.8 Å². The third-order valence-corrected chi connectivity index (χ3v) is 4.25. The van der Waals surface area contributed by atoms with Gasteiger partial charge in [0.2, 0.25) is 0 Å². The molecule has 0 bridgehead atoms. The van der Waals surface area contributed by atoms with Gasteiger partial charge in [-0.25, -0.2) is 0 Å². The molecule has 1 atom stereocenters. The Balaban J connectivity index is 0. The van der Waals surface area contributed by atoms with Crippen LogP contribution in [0, 0.1) is 0 Å². The minimum atomic E-state index is 0. The van der Waals surface area contributed by atoms with E-state index in [1.54, 1.807) is 0 Å². The lowest BCUT2D eigenvalue weighted by Gasteiger charge is -2.13. The number of ether oxygens (including phenoxy) is 1. The van der Waals surface area contributed by atoms with Crippen molar-refractivity contribution in [3.8, 4) is 0 Å².